The summed E-state index contributed by atoms with van der Waals surface area (Å²) in [5.41, 5.74) is 5.84. The highest BCUT2D eigenvalue weighted by atomic mass is 16.2. The molecular formula is C33H32N10O. The Balaban J connectivity index is 1.23. The third-order valence-corrected chi connectivity index (χ3v) is 8.49. The van der Waals surface area contributed by atoms with Gasteiger partial charge in [0.2, 0.25) is 11.7 Å². The van der Waals surface area contributed by atoms with Gasteiger partial charge in [0.15, 0.2) is 0 Å². The van der Waals surface area contributed by atoms with E-state index in [-0.39, 0.29) is 5.91 Å². The number of benzene rings is 2. The summed E-state index contributed by atoms with van der Waals surface area (Å²) in [5, 5.41) is 22.1. The molecule has 1 amide bonds. The van der Waals surface area contributed by atoms with Gasteiger partial charge in [-0.05, 0) is 68.4 Å². The van der Waals surface area contributed by atoms with Crippen molar-refractivity contribution in [1.82, 2.24) is 38.9 Å². The molecule has 11 heteroatoms. The van der Waals surface area contributed by atoms with E-state index in [0.29, 0.717) is 18.1 Å². The van der Waals surface area contributed by atoms with Gasteiger partial charge in [0.1, 0.15) is 12.1 Å². The quantitative estimate of drug-likeness (QED) is 0.308. The smallest absolute Gasteiger partial charge is 0.241 e. The second kappa shape index (κ2) is 10.8. The number of hydrogen-bond acceptors (Lipinski definition) is 8. The lowest BCUT2D eigenvalue weighted by Crippen LogP contribution is -2.47. The van der Waals surface area contributed by atoms with Crippen molar-refractivity contribution < 1.29 is 4.79 Å². The van der Waals surface area contributed by atoms with Gasteiger partial charge in [-0.25, -0.2) is 4.98 Å². The van der Waals surface area contributed by atoms with Crippen LogP contribution in [0, 0.1) is 11.3 Å². The molecule has 1 saturated heterocycles. The van der Waals surface area contributed by atoms with Gasteiger partial charge < -0.3 is 10.2 Å². The van der Waals surface area contributed by atoms with E-state index in [4.69, 9.17) is 4.98 Å². The van der Waals surface area contributed by atoms with E-state index in [2.05, 4.69) is 54.0 Å². The SMILES string of the molecule is CN1CCN(CC(=O)Nc2ccc(-c3ccc4ncc5c(c4c3)n(-c3ccc(C(C)(C)C#N)cc3)c3nncn53)cn2)CC1. The van der Waals surface area contributed by atoms with Crippen molar-refractivity contribution >= 4 is 39.4 Å². The Morgan fingerprint density at radius 3 is 2.48 bits per heavy atom. The van der Waals surface area contributed by atoms with E-state index in [1.165, 1.54) is 0 Å². The number of fused-ring (bicyclic) bond motifs is 5. The van der Waals surface area contributed by atoms with E-state index in [9.17, 15) is 10.1 Å². The minimum absolute atomic E-state index is 0.0570. The number of nitrogens with one attached hydrogen (secondary N) is 1. The van der Waals surface area contributed by atoms with Gasteiger partial charge in [-0.15, -0.1) is 10.2 Å². The van der Waals surface area contributed by atoms with Gasteiger partial charge in [0.05, 0.1) is 40.8 Å². The van der Waals surface area contributed by atoms with Crippen LogP contribution in [0.4, 0.5) is 5.82 Å². The standard InChI is InChI=1S/C33H32N10O/c1-33(2,20-34)24-6-8-25(9-7-24)43-31-26-16-22(4-10-27(26)35-18-28(31)42-21-37-39-32(42)43)23-5-11-29(36-17-23)38-30(44)19-41-14-12-40(3)13-15-41/h4-11,16-18,21H,12-15,19H2,1-3H3,(H,36,38,44). The maximum Gasteiger partial charge on any atom is 0.241 e. The maximum absolute atomic E-state index is 12.6. The Kier molecular flexibility index (Phi) is 6.80. The molecule has 0 aliphatic carbocycles. The van der Waals surface area contributed by atoms with Gasteiger partial charge >= 0.3 is 0 Å². The van der Waals surface area contributed by atoms with E-state index in [0.717, 1.165) is 70.5 Å². The maximum atomic E-state index is 12.6. The average molecular weight is 585 g/mol. The minimum Gasteiger partial charge on any atom is -0.310 e. The second-order valence-electron chi connectivity index (χ2n) is 11.9. The van der Waals surface area contributed by atoms with E-state index >= 15 is 0 Å². The molecule has 0 saturated carbocycles. The molecule has 220 valence electrons. The zero-order valence-electron chi connectivity index (χ0n) is 24.9. The first-order valence-electron chi connectivity index (χ1n) is 14.6. The number of aromatic nitrogens is 6. The molecule has 6 aromatic rings. The van der Waals surface area contributed by atoms with Crippen molar-refractivity contribution in [3.63, 3.8) is 0 Å². The van der Waals surface area contributed by atoms with Crippen LogP contribution in [0.2, 0.25) is 0 Å². The molecule has 0 spiro atoms. The zero-order chi connectivity index (χ0) is 30.4. The van der Waals surface area contributed by atoms with Crippen LogP contribution in [0.5, 0.6) is 0 Å². The number of imidazole rings is 1. The lowest BCUT2D eigenvalue weighted by molar-refractivity contribution is -0.117. The van der Waals surface area contributed by atoms with Crippen molar-refractivity contribution in [2.45, 2.75) is 19.3 Å². The number of nitrogens with zero attached hydrogens (tertiary/aromatic N) is 9. The first kappa shape index (κ1) is 27.6. The van der Waals surface area contributed by atoms with Crippen LogP contribution < -0.4 is 5.32 Å². The Hall–Kier alpha value is -5.18. The molecule has 44 heavy (non-hydrogen) atoms. The van der Waals surface area contributed by atoms with Crippen LogP contribution in [-0.4, -0.2) is 84.6 Å². The summed E-state index contributed by atoms with van der Waals surface area (Å²) < 4.78 is 4.01. The highest BCUT2D eigenvalue weighted by Crippen LogP contribution is 2.33. The summed E-state index contributed by atoms with van der Waals surface area (Å²) in [7, 11) is 2.10. The molecule has 1 fully saturated rings. The summed E-state index contributed by atoms with van der Waals surface area (Å²) >= 11 is 0. The summed E-state index contributed by atoms with van der Waals surface area (Å²) in [5.74, 6) is 1.15. The molecule has 1 aliphatic rings. The molecule has 1 N–H and O–H groups in total. The normalized spacial score (nSPS) is 14.8. The van der Waals surface area contributed by atoms with Crippen molar-refractivity contribution in [3.05, 3.63) is 78.9 Å². The Morgan fingerprint density at radius 2 is 1.75 bits per heavy atom. The van der Waals surface area contributed by atoms with Crippen molar-refractivity contribution in [1.29, 1.82) is 5.26 Å². The zero-order valence-corrected chi connectivity index (χ0v) is 24.9. The molecule has 4 aromatic heterocycles. The van der Waals surface area contributed by atoms with Gasteiger partial charge in [-0.1, -0.05) is 18.2 Å². The average Bonchev–Trinajstić information content (AvgIpc) is 3.64. The molecule has 0 atom stereocenters. The Morgan fingerprint density at radius 1 is 0.977 bits per heavy atom. The number of piperazine rings is 1. The molecule has 5 heterocycles. The molecule has 0 unspecified atom stereocenters. The minimum atomic E-state index is -0.593. The van der Waals surface area contributed by atoms with Gasteiger partial charge in [-0.2, -0.15) is 5.26 Å². The molecule has 11 nitrogen and oxygen atoms in total. The molecule has 2 aromatic carbocycles. The van der Waals surface area contributed by atoms with Gasteiger partial charge in [0.25, 0.3) is 0 Å². The number of carbonyl (C=O) groups is 1. The summed E-state index contributed by atoms with van der Waals surface area (Å²) in [6, 6.07) is 20.3. The molecule has 0 radical (unpaired) electrons. The number of pyridine rings is 2. The second-order valence-corrected chi connectivity index (χ2v) is 11.9. The lowest BCUT2D eigenvalue weighted by atomic mass is 9.86. The molecule has 1 aliphatic heterocycles. The fraction of sp³-hybridized carbons (Fsp3) is 0.273. The third kappa shape index (κ3) is 4.94. The van der Waals surface area contributed by atoms with Crippen LogP contribution in [0.25, 0.3) is 44.5 Å². The molecule has 0 bridgehead atoms. The first-order chi connectivity index (χ1) is 21.3. The summed E-state index contributed by atoms with van der Waals surface area (Å²) in [6.45, 7) is 7.89. The van der Waals surface area contributed by atoms with Crippen molar-refractivity contribution in [2.75, 3.05) is 45.1 Å². The predicted molar refractivity (Wildman–Crippen MR) is 170 cm³/mol. The van der Waals surface area contributed by atoms with E-state index < -0.39 is 5.41 Å². The number of rotatable bonds is 6. The largest absolute Gasteiger partial charge is 0.310 e. The Bertz CT molecular complexity index is 2040. The van der Waals surface area contributed by atoms with Gasteiger partial charge in [0, 0.05) is 49.0 Å². The van der Waals surface area contributed by atoms with Crippen LogP contribution >= 0.6 is 0 Å². The molecule has 7 rings (SSSR count). The highest BCUT2D eigenvalue weighted by molar-refractivity contribution is 6.06. The van der Waals surface area contributed by atoms with Crippen LogP contribution in [-0.2, 0) is 10.2 Å². The van der Waals surface area contributed by atoms with E-state index in [1.807, 2.05) is 73.0 Å². The highest BCUT2D eigenvalue weighted by Gasteiger charge is 2.22. The number of hydrogen-bond donors (Lipinski definition) is 1. The predicted octanol–water partition coefficient (Wildman–Crippen LogP) is 4.27. The van der Waals surface area contributed by atoms with Crippen molar-refractivity contribution in [2.24, 2.45) is 0 Å². The number of nitriles is 1. The van der Waals surface area contributed by atoms with Crippen LogP contribution in [0.3, 0.4) is 0 Å². The third-order valence-electron chi connectivity index (χ3n) is 8.49. The fourth-order valence-corrected chi connectivity index (χ4v) is 5.78. The summed E-state index contributed by atoms with van der Waals surface area (Å²) in [4.78, 5) is 26.3. The number of anilines is 1. The number of amides is 1. The number of carbonyl (C=O) groups excluding carboxylic acids is 1. The monoisotopic (exact) mass is 584 g/mol. The first-order valence-corrected chi connectivity index (χ1v) is 14.6. The van der Waals surface area contributed by atoms with Crippen LogP contribution in [0.15, 0.2) is 73.3 Å². The topological polar surface area (TPSA) is 120 Å². The van der Waals surface area contributed by atoms with E-state index in [1.54, 1.807) is 12.5 Å². The molecular weight excluding hydrogens is 552 g/mol. The van der Waals surface area contributed by atoms with Gasteiger partial charge in [-0.3, -0.25) is 23.6 Å². The summed E-state index contributed by atoms with van der Waals surface area (Å²) in [6.07, 6.45) is 5.32. The fourth-order valence-electron chi connectivity index (χ4n) is 5.78. The number of likely N-dealkylation sites (N-methyl/N-ethyl adjacent to an activating group) is 1. The Labute approximate surface area is 254 Å². The van der Waals surface area contributed by atoms with Crippen molar-refractivity contribution in [3.8, 4) is 22.9 Å². The lowest BCUT2D eigenvalue weighted by Gasteiger charge is -2.31. The van der Waals surface area contributed by atoms with Crippen LogP contribution in [0.1, 0.15) is 19.4 Å².